The Morgan fingerprint density at radius 3 is 2.76 bits per heavy atom. The average molecular weight is 349 g/mol. The summed E-state index contributed by atoms with van der Waals surface area (Å²) in [5, 5.41) is 12.0. The van der Waals surface area contributed by atoms with E-state index in [0.29, 0.717) is 5.65 Å². The summed E-state index contributed by atoms with van der Waals surface area (Å²) >= 11 is 0. The molecule has 1 amide bonds. The third-order valence-corrected chi connectivity index (χ3v) is 4.83. The number of rotatable bonds is 4. The zero-order chi connectivity index (χ0) is 18.3. The van der Waals surface area contributed by atoms with Crippen LogP contribution in [0.25, 0.3) is 11.2 Å². The van der Waals surface area contributed by atoms with Crippen LogP contribution in [0.3, 0.4) is 0 Å². The number of hydrogen-bond acceptors (Lipinski definition) is 6. The molecule has 25 heavy (non-hydrogen) atoms. The molecule has 3 heterocycles. The topological polar surface area (TPSA) is 122 Å². The van der Waals surface area contributed by atoms with Gasteiger partial charge in [-0.05, 0) is 5.92 Å². The highest BCUT2D eigenvalue weighted by Crippen LogP contribution is 2.39. The van der Waals surface area contributed by atoms with E-state index in [9.17, 15) is 14.7 Å². The Labute approximate surface area is 144 Å². The van der Waals surface area contributed by atoms with Crippen LogP contribution in [0.1, 0.15) is 33.9 Å². The first-order valence-corrected chi connectivity index (χ1v) is 8.37. The lowest BCUT2D eigenvalue weighted by Crippen LogP contribution is -2.23. The summed E-state index contributed by atoms with van der Waals surface area (Å²) in [6.45, 7) is 7.46. The number of anilines is 1. The van der Waals surface area contributed by atoms with Crippen molar-refractivity contribution in [1.82, 2.24) is 19.5 Å². The molecule has 3 N–H and O–H groups in total. The molecule has 0 saturated carbocycles. The molecule has 2 aromatic rings. The number of aromatic amines is 1. The van der Waals surface area contributed by atoms with Gasteiger partial charge < -0.3 is 9.84 Å². The van der Waals surface area contributed by atoms with E-state index in [1.807, 2.05) is 13.8 Å². The van der Waals surface area contributed by atoms with Gasteiger partial charge in [0.15, 0.2) is 11.2 Å². The third kappa shape index (κ3) is 3.05. The molecule has 9 heteroatoms. The van der Waals surface area contributed by atoms with Crippen molar-refractivity contribution in [3.8, 4) is 0 Å². The number of nitrogens with zero attached hydrogens (tertiary/aromatic N) is 3. The van der Waals surface area contributed by atoms with Crippen LogP contribution >= 0.6 is 0 Å². The molecule has 0 bridgehead atoms. The predicted octanol–water partition coefficient (Wildman–Crippen LogP) is 0.876. The maximum Gasteiger partial charge on any atom is 0.280 e. The van der Waals surface area contributed by atoms with Crippen molar-refractivity contribution in [3.63, 3.8) is 0 Å². The Hall–Kier alpha value is -2.26. The first kappa shape index (κ1) is 17.6. The smallest absolute Gasteiger partial charge is 0.280 e. The molecule has 136 valence electrons. The molecule has 4 atom stereocenters. The molecule has 1 saturated heterocycles. The summed E-state index contributed by atoms with van der Waals surface area (Å²) in [6, 6.07) is 0. The van der Waals surface area contributed by atoms with Crippen LogP contribution in [0.15, 0.2) is 11.1 Å². The maximum absolute atomic E-state index is 12.2. The van der Waals surface area contributed by atoms with Crippen molar-refractivity contribution in [2.75, 3.05) is 11.9 Å². The van der Waals surface area contributed by atoms with Gasteiger partial charge in [0.05, 0.1) is 19.0 Å². The second-order valence-electron chi connectivity index (χ2n) is 6.85. The van der Waals surface area contributed by atoms with Crippen LogP contribution in [-0.2, 0) is 9.53 Å². The Morgan fingerprint density at radius 2 is 2.16 bits per heavy atom. The Kier molecular flexibility index (Phi) is 4.61. The molecule has 0 aromatic carbocycles. The van der Waals surface area contributed by atoms with E-state index >= 15 is 0 Å². The van der Waals surface area contributed by atoms with E-state index in [1.165, 1.54) is 6.33 Å². The van der Waals surface area contributed by atoms with Gasteiger partial charge in [-0.15, -0.1) is 0 Å². The minimum Gasteiger partial charge on any atom is -0.394 e. The second-order valence-corrected chi connectivity index (χ2v) is 6.85. The van der Waals surface area contributed by atoms with Gasteiger partial charge in [0.2, 0.25) is 11.9 Å². The summed E-state index contributed by atoms with van der Waals surface area (Å²) in [6.07, 6.45) is 0.842. The van der Waals surface area contributed by atoms with E-state index in [0.717, 1.165) is 0 Å². The quantitative estimate of drug-likeness (QED) is 0.753. The number of carbonyl (C=O) groups excluding carboxylic acids is 1. The lowest BCUT2D eigenvalue weighted by Gasteiger charge is -2.18. The summed E-state index contributed by atoms with van der Waals surface area (Å²) in [7, 11) is 0. The van der Waals surface area contributed by atoms with Crippen molar-refractivity contribution < 1.29 is 14.6 Å². The number of nitrogens with one attached hydrogen (secondary N) is 2. The van der Waals surface area contributed by atoms with Gasteiger partial charge in [0, 0.05) is 11.8 Å². The van der Waals surface area contributed by atoms with E-state index < -0.39 is 5.56 Å². The average Bonchev–Trinajstić information content (AvgIpc) is 3.10. The minimum atomic E-state index is -0.430. The lowest BCUT2D eigenvalue weighted by molar-refractivity contribution is -0.118. The van der Waals surface area contributed by atoms with Crippen LogP contribution in [0, 0.1) is 17.8 Å². The molecule has 1 unspecified atom stereocenters. The monoisotopic (exact) mass is 349 g/mol. The summed E-state index contributed by atoms with van der Waals surface area (Å²) < 4.78 is 7.61. The van der Waals surface area contributed by atoms with Crippen LogP contribution in [0.2, 0.25) is 0 Å². The summed E-state index contributed by atoms with van der Waals surface area (Å²) in [5.74, 6) is -0.155. The lowest BCUT2D eigenvalue weighted by atomic mass is 9.93. The fraction of sp³-hybridized carbons (Fsp3) is 0.625. The number of H-pyrrole nitrogens is 1. The number of aliphatic hydroxyl groups excluding tert-OH is 1. The molecule has 3 rings (SSSR count). The molecule has 1 fully saturated rings. The Morgan fingerprint density at radius 1 is 1.44 bits per heavy atom. The number of hydrogen-bond donors (Lipinski definition) is 3. The highest BCUT2D eigenvalue weighted by Gasteiger charge is 2.40. The summed E-state index contributed by atoms with van der Waals surface area (Å²) in [4.78, 5) is 35.1. The molecule has 2 aromatic heterocycles. The van der Waals surface area contributed by atoms with E-state index in [4.69, 9.17) is 4.74 Å². The van der Waals surface area contributed by atoms with Gasteiger partial charge in [0.1, 0.15) is 6.23 Å². The van der Waals surface area contributed by atoms with E-state index in [-0.39, 0.29) is 54.1 Å². The van der Waals surface area contributed by atoms with Crippen molar-refractivity contribution in [1.29, 1.82) is 0 Å². The van der Waals surface area contributed by atoms with Crippen LogP contribution in [0.5, 0.6) is 0 Å². The van der Waals surface area contributed by atoms with Crippen LogP contribution < -0.4 is 10.9 Å². The number of carbonyl (C=O) groups is 1. The number of amides is 1. The van der Waals surface area contributed by atoms with Gasteiger partial charge in [-0.2, -0.15) is 4.98 Å². The van der Waals surface area contributed by atoms with Crippen molar-refractivity contribution in [2.24, 2.45) is 17.8 Å². The van der Waals surface area contributed by atoms with E-state index in [1.54, 1.807) is 18.4 Å². The first-order chi connectivity index (χ1) is 11.8. The fourth-order valence-electron chi connectivity index (χ4n) is 2.99. The normalized spacial score (nSPS) is 26.5. The maximum atomic E-state index is 12.2. The Bertz CT molecular complexity index is 843. The second kappa shape index (κ2) is 6.57. The van der Waals surface area contributed by atoms with Crippen LogP contribution in [-0.4, -0.2) is 43.2 Å². The zero-order valence-electron chi connectivity index (χ0n) is 14.7. The number of aromatic nitrogens is 4. The number of aliphatic hydroxyl groups is 1. The largest absolute Gasteiger partial charge is 0.394 e. The highest BCUT2D eigenvalue weighted by atomic mass is 16.5. The summed E-state index contributed by atoms with van der Waals surface area (Å²) in [5.41, 5.74) is 0.0871. The molecular formula is C16H23N5O4. The minimum absolute atomic E-state index is 0.0711. The SMILES string of the molecule is CC(C)C(=O)Nc1nc2c(ncn2[C@@H]2O[C@H](CO)C(C)[C@@H]2C)c(=O)[nH]1. The number of ether oxygens (including phenoxy) is 1. The highest BCUT2D eigenvalue weighted by molar-refractivity contribution is 5.91. The van der Waals surface area contributed by atoms with Gasteiger partial charge in [-0.3, -0.25) is 24.5 Å². The molecular weight excluding hydrogens is 326 g/mol. The van der Waals surface area contributed by atoms with Crippen LogP contribution in [0.4, 0.5) is 5.95 Å². The van der Waals surface area contributed by atoms with Crippen molar-refractivity contribution >= 4 is 23.0 Å². The molecule has 1 aliphatic rings. The van der Waals surface area contributed by atoms with E-state index in [2.05, 4.69) is 20.3 Å². The van der Waals surface area contributed by atoms with Gasteiger partial charge in [-0.25, -0.2) is 4.98 Å². The molecule has 1 aliphatic heterocycles. The van der Waals surface area contributed by atoms with Crippen molar-refractivity contribution in [2.45, 2.75) is 40.0 Å². The van der Waals surface area contributed by atoms with Gasteiger partial charge in [0.25, 0.3) is 5.56 Å². The molecule has 0 spiro atoms. The molecule has 9 nitrogen and oxygen atoms in total. The van der Waals surface area contributed by atoms with Gasteiger partial charge >= 0.3 is 0 Å². The number of imidazole rings is 1. The Balaban J connectivity index is 2.01. The van der Waals surface area contributed by atoms with Crippen molar-refractivity contribution in [3.05, 3.63) is 16.7 Å². The number of fused-ring (bicyclic) bond motifs is 1. The predicted molar refractivity (Wildman–Crippen MR) is 90.9 cm³/mol. The van der Waals surface area contributed by atoms with Gasteiger partial charge in [-0.1, -0.05) is 27.7 Å². The fourth-order valence-corrected chi connectivity index (χ4v) is 2.99. The zero-order valence-corrected chi connectivity index (χ0v) is 14.7. The molecule has 0 radical (unpaired) electrons. The third-order valence-electron chi connectivity index (χ3n) is 4.83. The molecule has 0 aliphatic carbocycles. The standard InChI is InChI=1S/C16H23N5O4/c1-7(2)13(23)19-16-18-12-11(14(24)20-16)17-6-21(12)15-9(4)8(3)10(5-22)25-15/h6-10,15,22H,5H2,1-4H3,(H2,18,19,20,23,24)/t8?,9-,10+,15+/m0/s1. The first-order valence-electron chi connectivity index (χ1n) is 8.37.